The van der Waals surface area contributed by atoms with Crippen LogP contribution >= 0.6 is 0 Å². The van der Waals surface area contributed by atoms with E-state index in [1.54, 1.807) is 0 Å². The molecular weight excluding hydrogens is 633 g/mol. The van der Waals surface area contributed by atoms with Crippen molar-refractivity contribution >= 4 is 81.4 Å². The number of hydrogen-bond acceptors (Lipinski definition) is 2. The van der Waals surface area contributed by atoms with Crippen molar-refractivity contribution in [1.29, 1.82) is 0 Å². The van der Waals surface area contributed by atoms with Crippen LogP contribution in [0.15, 0.2) is 170 Å². The van der Waals surface area contributed by atoms with E-state index in [-0.39, 0.29) is 0 Å². The zero-order valence-electron chi connectivity index (χ0n) is 28.0. The molecule has 0 aliphatic carbocycles. The summed E-state index contributed by atoms with van der Waals surface area (Å²) in [5.41, 5.74) is 8.93. The maximum Gasteiger partial charge on any atom is 0.162 e. The summed E-state index contributed by atoms with van der Waals surface area (Å²) in [6.07, 6.45) is 0. The van der Waals surface area contributed by atoms with Crippen LogP contribution in [-0.4, -0.2) is 18.9 Å². The Balaban J connectivity index is 1.32. The van der Waals surface area contributed by atoms with Crippen molar-refractivity contribution in [3.8, 4) is 28.5 Å². The van der Waals surface area contributed by atoms with Crippen molar-refractivity contribution in [2.75, 3.05) is 0 Å². The SMILES string of the molecule is c1ccc(-c2cc(-n3c4ccccc4c4c3c3ccccc3c3c5cccc6c7cc8ccccc8cc7n(c65)c34)nc(-c3ccccc3)n2)cc1. The molecule has 4 aromatic heterocycles. The standard InChI is InChI=1S/C48H28N4/c1-3-14-29(15-4-1)39-28-42(50-48(49-39)30-16-5-2-6-17-30)51-40-25-12-11-22-36(40)44-46(51)34-21-10-9-20-33(34)43-37-24-13-23-35-38-26-31-18-7-8-19-32(31)27-41(38)52(45(35)37)47(43)44/h1-28H. The van der Waals surface area contributed by atoms with E-state index in [2.05, 4.69) is 155 Å². The second kappa shape index (κ2) is 10.3. The number of nitrogens with zero attached hydrogens (tertiary/aromatic N) is 4. The quantitative estimate of drug-likeness (QED) is 0.189. The predicted molar refractivity (Wildman–Crippen MR) is 217 cm³/mol. The molecule has 240 valence electrons. The van der Waals surface area contributed by atoms with E-state index in [1.807, 2.05) is 24.3 Å². The number of benzene rings is 8. The first-order chi connectivity index (χ1) is 25.8. The Morgan fingerprint density at radius 2 is 0.981 bits per heavy atom. The molecule has 0 aliphatic heterocycles. The normalized spacial score (nSPS) is 12.2. The van der Waals surface area contributed by atoms with Crippen LogP contribution < -0.4 is 0 Å². The lowest BCUT2D eigenvalue weighted by Gasteiger charge is -2.13. The molecule has 52 heavy (non-hydrogen) atoms. The zero-order chi connectivity index (χ0) is 33.9. The van der Waals surface area contributed by atoms with Crippen LogP contribution in [0.4, 0.5) is 0 Å². The maximum atomic E-state index is 5.37. The summed E-state index contributed by atoms with van der Waals surface area (Å²) < 4.78 is 4.94. The van der Waals surface area contributed by atoms with Crippen LogP contribution in [0.25, 0.3) is 110 Å². The Morgan fingerprint density at radius 3 is 1.79 bits per heavy atom. The van der Waals surface area contributed by atoms with Gasteiger partial charge >= 0.3 is 0 Å². The number of hydrogen-bond donors (Lipinski definition) is 0. The lowest BCUT2D eigenvalue weighted by molar-refractivity contribution is 1.05. The number of aromatic nitrogens is 4. The van der Waals surface area contributed by atoms with Gasteiger partial charge in [-0.2, -0.15) is 0 Å². The molecule has 0 N–H and O–H groups in total. The molecule has 4 heterocycles. The van der Waals surface area contributed by atoms with Gasteiger partial charge in [-0.25, -0.2) is 9.97 Å². The smallest absolute Gasteiger partial charge is 0.162 e. The molecule has 0 aliphatic rings. The van der Waals surface area contributed by atoms with Crippen molar-refractivity contribution in [1.82, 2.24) is 18.9 Å². The molecule has 0 amide bonds. The first kappa shape index (κ1) is 27.7. The van der Waals surface area contributed by atoms with Gasteiger partial charge in [-0.3, -0.25) is 4.57 Å². The Kier molecular flexibility index (Phi) is 5.47. The van der Waals surface area contributed by atoms with Crippen LogP contribution in [-0.2, 0) is 0 Å². The minimum atomic E-state index is 0.700. The minimum absolute atomic E-state index is 0.700. The van der Waals surface area contributed by atoms with Crippen molar-refractivity contribution < 1.29 is 0 Å². The van der Waals surface area contributed by atoms with Crippen LogP contribution in [0.1, 0.15) is 0 Å². The highest BCUT2D eigenvalue weighted by Gasteiger charge is 2.26. The molecule has 12 rings (SSSR count). The second-order valence-electron chi connectivity index (χ2n) is 13.8. The number of rotatable bonds is 3. The topological polar surface area (TPSA) is 35.1 Å². The van der Waals surface area contributed by atoms with Gasteiger partial charge in [0, 0.05) is 54.9 Å². The molecule has 0 saturated carbocycles. The predicted octanol–water partition coefficient (Wildman–Crippen LogP) is 12.4. The fraction of sp³-hybridized carbons (Fsp3) is 0. The Morgan fingerprint density at radius 1 is 0.365 bits per heavy atom. The van der Waals surface area contributed by atoms with E-state index in [1.165, 1.54) is 70.4 Å². The molecule has 0 saturated heterocycles. The van der Waals surface area contributed by atoms with Crippen molar-refractivity contribution in [2.45, 2.75) is 0 Å². The zero-order valence-corrected chi connectivity index (χ0v) is 28.0. The van der Waals surface area contributed by atoms with Crippen LogP contribution in [0.5, 0.6) is 0 Å². The monoisotopic (exact) mass is 660 g/mol. The van der Waals surface area contributed by atoms with Gasteiger partial charge in [0.1, 0.15) is 5.82 Å². The van der Waals surface area contributed by atoms with Gasteiger partial charge < -0.3 is 4.40 Å². The molecule has 0 atom stereocenters. The molecule has 4 heteroatoms. The van der Waals surface area contributed by atoms with Gasteiger partial charge in [0.05, 0.1) is 33.3 Å². The fourth-order valence-corrected chi connectivity index (χ4v) is 8.84. The third-order valence-corrected chi connectivity index (χ3v) is 11.0. The van der Waals surface area contributed by atoms with Crippen LogP contribution in [0, 0.1) is 0 Å². The first-order valence-electron chi connectivity index (χ1n) is 17.8. The summed E-state index contributed by atoms with van der Waals surface area (Å²) in [5, 5.41) is 12.5. The summed E-state index contributed by atoms with van der Waals surface area (Å²) in [6, 6.07) is 60.9. The van der Waals surface area contributed by atoms with Gasteiger partial charge in [-0.05, 0) is 34.4 Å². The molecule has 0 spiro atoms. The van der Waals surface area contributed by atoms with E-state index in [0.29, 0.717) is 5.82 Å². The molecule has 8 aromatic carbocycles. The Bertz CT molecular complexity index is 3330. The first-order valence-corrected chi connectivity index (χ1v) is 17.8. The van der Waals surface area contributed by atoms with Crippen molar-refractivity contribution in [2.24, 2.45) is 0 Å². The largest absolute Gasteiger partial charge is 0.307 e. The van der Waals surface area contributed by atoms with Crippen molar-refractivity contribution in [3.05, 3.63) is 170 Å². The molecule has 0 fully saturated rings. The summed E-state index contributed by atoms with van der Waals surface area (Å²) in [5.74, 6) is 1.54. The maximum absolute atomic E-state index is 5.37. The average molecular weight is 661 g/mol. The van der Waals surface area contributed by atoms with E-state index in [9.17, 15) is 0 Å². The van der Waals surface area contributed by atoms with Gasteiger partial charge in [-0.1, -0.05) is 146 Å². The van der Waals surface area contributed by atoms with Crippen LogP contribution in [0.2, 0.25) is 0 Å². The van der Waals surface area contributed by atoms with Gasteiger partial charge in [0.25, 0.3) is 0 Å². The number of para-hydroxylation sites is 2. The van der Waals surface area contributed by atoms with E-state index in [0.717, 1.165) is 33.7 Å². The summed E-state index contributed by atoms with van der Waals surface area (Å²) in [4.78, 5) is 10.5. The highest BCUT2D eigenvalue weighted by molar-refractivity contribution is 6.39. The minimum Gasteiger partial charge on any atom is -0.307 e. The van der Waals surface area contributed by atoms with Gasteiger partial charge in [0.2, 0.25) is 0 Å². The fourth-order valence-electron chi connectivity index (χ4n) is 8.84. The summed E-state index contributed by atoms with van der Waals surface area (Å²) in [7, 11) is 0. The Hall–Kier alpha value is -7.04. The van der Waals surface area contributed by atoms with Crippen LogP contribution in [0.3, 0.4) is 0 Å². The van der Waals surface area contributed by atoms with E-state index in [4.69, 9.17) is 9.97 Å². The molecule has 0 unspecified atom stereocenters. The summed E-state index contributed by atoms with van der Waals surface area (Å²) >= 11 is 0. The average Bonchev–Trinajstić information content (AvgIpc) is 3.86. The number of fused-ring (bicyclic) bond motifs is 14. The molecule has 0 bridgehead atoms. The van der Waals surface area contributed by atoms with Crippen molar-refractivity contribution in [3.63, 3.8) is 0 Å². The lowest BCUT2D eigenvalue weighted by Crippen LogP contribution is -2.03. The Labute approximate surface area is 297 Å². The lowest BCUT2D eigenvalue weighted by atomic mass is 9.98. The third-order valence-electron chi connectivity index (χ3n) is 11.0. The second-order valence-corrected chi connectivity index (χ2v) is 13.8. The third kappa shape index (κ3) is 3.65. The highest BCUT2D eigenvalue weighted by atomic mass is 15.1. The summed E-state index contributed by atoms with van der Waals surface area (Å²) in [6.45, 7) is 0. The van der Waals surface area contributed by atoms with Gasteiger partial charge in [0.15, 0.2) is 5.82 Å². The highest BCUT2D eigenvalue weighted by Crippen LogP contribution is 2.49. The molecule has 0 radical (unpaired) electrons. The van der Waals surface area contributed by atoms with E-state index < -0.39 is 0 Å². The molecule has 4 nitrogen and oxygen atoms in total. The van der Waals surface area contributed by atoms with E-state index >= 15 is 0 Å². The molecule has 12 aromatic rings. The van der Waals surface area contributed by atoms with Gasteiger partial charge in [-0.15, -0.1) is 0 Å². The molecular formula is C48H28N4.